The highest BCUT2D eigenvalue weighted by atomic mass is 16.1. The van der Waals surface area contributed by atoms with Gasteiger partial charge in [0.05, 0.1) is 0 Å². The molecule has 0 unspecified atom stereocenters. The van der Waals surface area contributed by atoms with Crippen LogP contribution in [0.4, 0.5) is 0 Å². The normalized spacial score (nSPS) is 16.1. The van der Waals surface area contributed by atoms with Gasteiger partial charge in [0.1, 0.15) is 0 Å². The van der Waals surface area contributed by atoms with Crippen LogP contribution in [0.5, 0.6) is 0 Å². The number of carbonyl (C=O) groups excluding carboxylic acids is 1. The van der Waals surface area contributed by atoms with Gasteiger partial charge in [0.25, 0.3) is 0 Å². The second kappa shape index (κ2) is 4.20. The van der Waals surface area contributed by atoms with Crippen molar-refractivity contribution in [1.29, 1.82) is 0 Å². The molecule has 1 aromatic rings. The molecule has 0 saturated carbocycles. The lowest BCUT2D eigenvalue weighted by molar-refractivity contribution is 0.103. The molecule has 2 nitrogen and oxygen atoms in total. The zero-order chi connectivity index (χ0) is 9.80. The molecule has 72 valence electrons. The van der Waals surface area contributed by atoms with Crippen LogP contribution in [0.2, 0.25) is 0 Å². The van der Waals surface area contributed by atoms with E-state index in [1.54, 1.807) is 0 Å². The molecule has 14 heavy (non-hydrogen) atoms. The average Bonchev–Trinajstić information content (AvgIpc) is 2.30. The molecule has 0 aromatic heterocycles. The Morgan fingerprint density at radius 3 is 2.64 bits per heavy atom. The summed E-state index contributed by atoms with van der Waals surface area (Å²) in [5, 5.41) is 3.20. The molecule has 1 aromatic carbocycles. The molecule has 1 N–H and O–H groups in total. The summed E-state index contributed by atoms with van der Waals surface area (Å²) in [6.45, 7) is 1.68. The summed E-state index contributed by atoms with van der Waals surface area (Å²) < 4.78 is 0. The van der Waals surface area contributed by atoms with Crippen LogP contribution in [-0.2, 0) is 0 Å². The number of hydrogen-bond acceptors (Lipinski definition) is 2. The molecule has 0 aliphatic carbocycles. The van der Waals surface area contributed by atoms with Gasteiger partial charge < -0.3 is 5.32 Å². The van der Waals surface area contributed by atoms with Gasteiger partial charge in [0.15, 0.2) is 5.78 Å². The molecular weight excluding hydrogens is 174 g/mol. The minimum atomic E-state index is 0.151. The molecule has 0 fully saturated rings. The van der Waals surface area contributed by atoms with Crippen LogP contribution in [-0.4, -0.2) is 18.9 Å². The van der Waals surface area contributed by atoms with Gasteiger partial charge in [-0.3, -0.25) is 4.79 Å². The van der Waals surface area contributed by atoms with Gasteiger partial charge in [0.2, 0.25) is 0 Å². The zero-order valence-corrected chi connectivity index (χ0v) is 7.99. The van der Waals surface area contributed by atoms with Crippen LogP contribution in [0.15, 0.2) is 42.0 Å². The van der Waals surface area contributed by atoms with Crippen molar-refractivity contribution in [3.63, 3.8) is 0 Å². The highest BCUT2D eigenvalue weighted by Crippen LogP contribution is 2.10. The molecule has 1 aliphatic heterocycles. The van der Waals surface area contributed by atoms with Crippen LogP contribution in [0.25, 0.3) is 0 Å². The lowest BCUT2D eigenvalue weighted by Gasteiger charge is -2.12. The number of ketones is 1. The number of nitrogens with one attached hydrogen (secondary N) is 1. The van der Waals surface area contributed by atoms with Crippen LogP contribution < -0.4 is 5.32 Å². The number of Topliss-reactive ketones (excluding diaryl/α,β-unsaturated/α-hetero) is 1. The highest BCUT2D eigenvalue weighted by molar-refractivity contribution is 6.09. The molecule has 0 atom stereocenters. The van der Waals surface area contributed by atoms with Crippen LogP contribution in [0.3, 0.4) is 0 Å². The van der Waals surface area contributed by atoms with Gasteiger partial charge in [-0.15, -0.1) is 0 Å². The standard InChI is InChI=1S/C12H13NO/c14-12(10-5-2-1-3-6-10)11-7-4-8-13-9-11/h1-3,5-7,13H,4,8-9H2. The minimum Gasteiger partial charge on any atom is -0.312 e. The van der Waals surface area contributed by atoms with Crippen LogP contribution >= 0.6 is 0 Å². The lowest BCUT2D eigenvalue weighted by atomic mass is 10.0. The van der Waals surface area contributed by atoms with Gasteiger partial charge >= 0.3 is 0 Å². The molecule has 2 rings (SSSR count). The van der Waals surface area contributed by atoms with Crippen molar-refractivity contribution in [2.24, 2.45) is 0 Å². The molecular formula is C12H13NO. The molecule has 0 amide bonds. The zero-order valence-electron chi connectivity index (χ0n) is 7.99. The summed E-state index contributed by atoms with van der Waals surface area (Å²) in [7, 11) is 0. The fraction of sp³-hybridized carbons (Fsp3) is 0.250. The second-order valence-corrected chi connectivity index (χ2v) is 3.39. The van der Waals surface area contributed by atoms with Gasteiger partial charge in [-0.2, -0.15) is 0 Å². The van der Waals surface area contributed by atoms with E-state index in [9.17, 15) is 4.79 Å². The van der Waals surface area contributed by atoms with Crippen molar-refractivity contribution in [2.75, 3.05) is 13.1 Å². The third-order valence-electron chi connectivity index (χ3n) is 2.35. The topological polar surface area (TPSA) is 29.1 Å². The van der Waals surface area contributed by atoms with E-state index < -0.39 is 0 Å². The van der Waals surface area contributed by atoms with Crippen molar-refractivity contribution in [1.82, 2.24) is 5.32 Å². The summed E-state index contributed by atoms with van der Waals surface area (Å²) in [5.41, 5.74) is 1.67. The van der Waals surface area contributed by atoms with E-state index in [-0.39, 0.29) is 5.78 Å². The number of benzene rings is 1. The first-order valence-corrected chi connectivity index (χ1v) is 4.87. The maximum Gasteiger partial charge on any atom is 0.189 e. The second-order valence-electron chi connectivity index (χ2n) is 3.39. The summed E-state index contributed by atoms with van der Waals surface area (Å²) in [6.07, 6.45) is 2.99. The molecule has 2 heteroatoms. The lowest BCUT2D eigenvalue weighted by Crippen LogP contribution is -2.25. The van der Waals surface area contributed by atoms with E-state index >= 15 is 0 Å². The Kier molecular flexibility index (Phi) is 2.75. The van der Waals surface area contributed by atoms with E-state index in [1.807, 2.05) is 36.4 Å². The first-order valence-electron chi connectivity index (χ1n) is 4.87. The Morgan fingerprint density at radius 1 is 1.21 bits per heavy atom. The van der Waals surface area contributed by atoms with Crippen molar-refractivity contribution < 1.29 is 4.79 Å². The Labute approximate surface area is 83.6 Å². The molecule has 0 spiro atoms. The molecule has 0 bridgehead atoms. The minimum absolute atomic E-state index is 0.151. The largest absolute Gasteiger partial charge is 0.312 e. The van der Waals surface area contributed by atoms with Crippen molar-refractivity contribution in [2.45, 2.75) is 6.42 Å². The summed E-state index contributed by atoms with van der Waals surface area (Å²) in [5.74, 6) is 0.151. The maximum absolute atomic E-state index is 11.9. The summed E-state index contributed by atoms with van der Waals surface area (Å²) >= 11 is 0. The molecule has 1 heterocycles. The Bertz CT molecular complexity index is 354. The fourth-order valence-corrected chi connectivity index (χ4v) is 1.59. The quantitative estimate of drug-likeness (QED) is 0.715. The Hall–Kier alpha value is -1.41. The van der Waals surface area contributed by atoms with E-state index in [4.69, 9.17) is 0 Å². The number of rotatable bonds is 2. The molecule has 0 saturated heterocycles. The Balaban J connectivity index is 2.20. The van der Waals surface area contributed by atoms with E-state index in [0.717, 1.165) is 24.1 Å². The number of hydrogen-bond donors (Lipinski definition) is 1. The summed E-state index contributed by atoms with van der Waals surface area (Å²) in [6, 6.07) is 9.42. The SMILES string of the molecule is O=C(C1=CCCNC1)c1ccccc1. The van der Waals surface area contributed by atoms with E-state index in [0.29, 0.717) is 6.54 Å². The van der Waals surface area contributed by atoms with Crippen molar-refractivity contribution in [3.8, 4) is 0 Å². The maximum atomic E-state index is 11.9. The predicted octanol–water partition coefficient (Wildman–Crippen LogP) is 1.79. The first-order chi connectivity index (χ1) is 6.88. The van der Waals surface area contributed by atoms with Crippen molar-refractivity contribution in [3.05, 3.63) is 47.5 Å². The fourth-order valence-electron chi connectivity index (χ4n) is 1.59. The molecule has 1 aliphatic rings. The van der Waals surface area contributed by atoms with Crippen molar-refractivity contribution >= 4 is 5.78 Å². The Morgan fingerprint density at radius 2 is 2.00 bits per heavy atom. The predicted molar refractivity (Wildman–Crippen MR) is 56.3 cm³/mol. The average molecular weight is 187 g/mol. The van der Waals surface area contributed by atoms with Gasteiger partial charge in [-0.25, -0.2) is 0 Å². The van der Waals surface area contributed by atoms with Gasteiger partial charge in [-0.05, 0) is 13.0 Å². The first kappa shape index (κ1) is 9.16. The molecule has 0 radical (unpaired) electrons. The number of carbonyl (C=O) groups is 1. The smallest absolute Gasteiger partial charge is 0.189 e. The van der Waals surface area contributed by atoms with E-state index in [2.05, 4.69) is 5.32 Å². The van der Waals surface area contributed by atoms with Gasteiger partial charge in [-0.1, -0.05) is 36.4 Å². The van der Waals surface area contributed by atoms with Crippen LogP contribution in [0.1, 0.15) is 16.8 Å². The highest BCUT2D eigenvalue weighted by Gasteiger charge is 2.12. The monoisotopic (exact) mass is 187 g/mol. The van der Waals surface area contributed by atoms with Crippen LogP contribution in [0, 0.1) is 0 Å². The summed E-state index contributed by atoms with van der Waals surface area (Å²) in [4.78, 5) is 11.9. The third-order valence-corrected chi connectivity index (χ3v) is 2.35. The third kappa shape index (κ3) is 1.91. The van der Waals surface area contributed by atoms with E-state index in [1.165, 1.54) is 0 Å². The van der Waals surface area contributed by atoms with Gasteiger partial charge in [0, 0.05) is 17.7 Å².